The van der Waals surface area contributed by atoms with Gasteiger partial charge in [-0.05, 0) is 32.2 Å². The Hall–Kier alpha value is -1.89. The molecule has 22 heavy (non-hydrogen) atoms. The Morgan fingerprint density at radius 2 is 2.14 bits per heavy atom. The van der Waals surface area contributed by atoms with Crippen LogP contribution in [-0.4, -0.2) is 52.6 Å². The van der Waals surface area contributed by atoms with Crippen molar-refractivity contribution >= 4 is 11.9 Å². The predicted octanol–water partition coefficient (Wildman–Crippen LogP) is 0.812. The van der Waals surface area contributed by atoms with Crippen molar-refractivity contribution in [3.63, 3.8) is 0 Å². The molecule has 2 aliphatic rings. The first-order valence-corrected chi connectivity index (χ1v) is 7.85. The smallest absolute Gasteiger partial charge is 0.258 e. The van der Waals surface area contributed by atoms with Crippen LogP contribution >= 0.6 is 0 Å². The standard InChI is InChI=1S/C15H23N5O2/c1-3-20-10-4-5-11(20)7-9(6-10)18-13(21)12-8-17-15(16)19-14(12)22-2/h8-11H,3-7H2,1-2H3,(H,18,21)(H2,16,17,19)/t9?,10-,11+. The average Bonchev–Trinajstić information content (AvgIpc) is 2.76. The molecule has 1 aromatic rings. The third-order valence-electron chi connectivity index (χ3n) is 4.80. The molecule has 3 atom stereocenters. The van der Waals surface area contributed by atoms with Crippen LogP contribution < -0.4 is 15.8 Å². The van der Waals surface area contributed by atoms with Crippen LogP contribution in [0.1, 0.15) is 43.0 Å². The minimum Gasteiger partial charge on any atom is -0.480 e. The summed E-state index contributed by atoms with van der Waals surface area (Å²) in [5, 5.41) is 3.11. The minimum atomic E-state index is -0.189. The maximum atomic E-state index is 12.5. The number of anilines is 1. The Kier molecular flexibility index (Phi) is 4.15. The van der Waals surface area contributed by atoms with Crippen LogP contribution in [0.5, 0.6) is 5.88 Å². The molecule has 0 radical (unpaired) electrons. The van der Waals surface area contributed by atoms with E-state index in [-0.39, 0.29) is 23.8 Å². The number of hydrogen-bond acceptors (Lipinski definition) is 6. The van der Waals surface area contributed by atoms with Gasteiger partial charge in [0, 0.05) is 24.3 Å². The predicted molar refractivity (Wildman–Crippen MR) is 82.7 cm³/mol. The van der Waals surface area contributed by atoms with E-state index in [1.807, 2.05) is 0 Å². The Morgan fingerprint density at radius 3 is 2.73 bits per heavy atom. The normalized spacial score (nSPS) is 27.6. The molecule has 0 spiro atoms. The summed E-state index contributed by atoms with van der Waals surface area (Å²) in [5.74, 6) is 0.132. The minimum absolute atomic E-state index is 0.0997. The average molecular weight is 305 g/mol. The molecule has 3 N–H and O–H groups in total. The number of nitrogens with two attached hydrogens (primary N) is 1. The maximum Gasteiger partial charge on any atom is 0.258 e. The van der Waals surface area contributed by atoms with Gasteiger partial charge >= 0.3 is 0 Å². The SMILES string of the molecule is CCN1[C@@H]2CC[C@H]1CC(NC(=O)c1cnc(N)nc1OC)C2. The molecule has 1 amide bonds. The van der Waals surface area contributed by atoms with Crippen LogP contribution in [0.3, 0.4) is 0 Å². The number of nitrogen functional groups attached to an aromatic ring is 1. The van der Waals surface area contributed by atoms with Gasteiger partial charge in [0.2, 0.25) is 11.8 Å². The summed E-state index contributed by atoms with van der Waals surface area (Å²) in [6, 6.07) is 1.40. The second-order valence-corrected chi connectivity index (χ2v) is 6.01. The maximum absolute atomic E-state index is 12.5. The van der Waals surface area contributed by atoms with E-state index in [1.54, 1.807) is 0 Å². The number of carbonyl (C=O) groups excluding carboxylic acids is 1. The third-order valence-corrected chi connectivity index (χ3v) is 4.80. The van der Waals surface area contributed by atoms with E-state index in [4.69, 9.17) is 10.5 Å². The number of piperidine rings is 1. The zero-order valence-electron chi connectivity index (χ0n) is 13.1. The van der Waals surface area contributed by atoms with Crippen LogP contribution in [0, 0.1) is 0 Å². The van der Waals surface area contributed by atoms with E-state index in [1.165, 1.54) is 26.1 Å². The summed E-state index contributed by atoms with van der Waals surface area (Å²) in [6.45, 7) is 3.30. The molecule has 2 bridgehead atoms. The van der Waals surface area contributed by atoms with Gasteiger partial charge in [0.15, 0.2) is 0 Å². The van der Waals surface area contributed by atoms with Crippen LogP contribution in [0.4, 0.5) is 5.95 Å². The van der Waals surface area contributed by atoms with Crippen LogP contribution in [0.25, 0.3) is 0 Å². The number of rotatable bonds is 4. The van der Waals surface area contributed by atoms with Gasteiger partial charge in [-0.15, -0.1) is 0 Å². The summed E-state index contributed by atoms with van der Waals surface area (Å²) in [4.78, 5) is 22.9. The molecule has 2 saturated heterocycles. The van der Waals surface area contributed by atoms with Crippen LogP contribution in [0.2, 0.25) is 0 Å². The molecule has 2 fully saturated rings. The van der Waals surface area contributed by atoms with Gasteiger partial charge in [-0.25, -0.2) is 4.98 Å². The number of methoxy groups -OCH3 is 1. The Balaban J connectivity index is 1.68. The fraction of sp³-hybridized carbons (Fsp3) is 0.667. The van der Waals surface area contributed by atoms with Crippen molar-refractivity contribution in [3.8, 4) is 5.88 Å². The number of ether oxygens (including phenoxy) is 1. The van der Waals surface area contributed by atoms with E-state index >= 15 is 0 Å². The summed E-state index contributed by atoms with van der Waals surface area (Å²) in [5.41, 5.74) is 5.86. The highest BCUT2D eigenvalue weighted by Gasteiger charge is 2.40. The first-order valence-electron chi connectivity index (χ1n) is 7.85. The molecule has 0 saturated carbocycles. The molecule has 7 nitrogen and oxygen atoms in total. The van der Waals surface area contributed by atoms with E-state index in [0.29, 0.717) is 17.6 Å². The van der Waals surface area contributed by atoms with Gasteiger partial charge in [-0.1, -0.05) is 6.92 Å². The van der Waals surface area contributed by atoms with Gasteiger partial charge in [-0.3, -0.25) is 9.69 Å². The number of hydrogen-bond donors (Lipinski definition) is 2. The number of nitrogens with one attached hydrogen (secondary N) is 1. The number of fused-ring (bicyclic) bond motifs is 2. The molecular formula is C15H23N5O2. The summed E-state index contributed by atoms with van der Waals surface area (Å²) >= 11 is 0. The monoisotopic (exact) mass is 305 g/mol. The lowest BCUT2D eigenvalue weighted by atomic mass is 9.97. The molecule has 0 aliphatic carbocycles. The fourth-order valence-corrected chi connectivity index (χ4v) is 3.86. The zero-order chi connectivity index (χ0) is 15.7. The van der Waals surface area contributed by atoms with E-state index in [0.717, 1.165) is 19.4 Å². The van der Waals surface area contributed by atoms with Crippen molar-refractivity contribution in [1.82, 2.24) is 20.2 Å². The van der Waals surface area contributed by atoms with Gasteiger partial charge in [-0.2, -0.15) is 4.98 Å². The van der Waals surface area contributed by atoms with Crippen molar-refractivity contribution in [2.75, 3.05) is 19.4 Å². The Labute approximate surface area is 130 Å². The first kappa shape index (κ1) is 15.0. The first-order chi connectivity index (χ1) is 10.6. The van der Waals surface area contributed by atoms with Crippen molar-refractivity contribution in [2.24, 2.45) is 0 Å². The van der Waals surface area contributed by atoms with Crippen LogP contribution in [0.15, 0.2) is 6.20 Å². The molecule has 2 aliphatic heterocycles. The summed E-state index contributed by atoms with van der Waals surface area (Å²) < 4.78 is 5.13. The number of amides is 1. The van der Waals surface area contributed by atoms with E-state index in [9.17, 15) is 4.79 Å². The molecular weight excluding hydrogens is 282 g/mol. The molecule has 0 aromatic carbocycles. The summed E-state index contributed by atoms with van der Waals surface area (Å²) in [6.07, 6.45) is 5.91. The quantitative estimate of drug-likeness (QED) is 0.855. The second kappa shape index (κ2) is 6.08. The van der Waals surface area contributed by atoms with Crippen molar-refractivity contribution in [1.29, 1.82) is 0 Å². The largest absolute Gasteiger partial charge is 0.480 e. The van der Waals surface area contributed by atoms with Gasteiger partial charge in [0.25, 0.3) is 5.91 Å². The van der Waals surface area contributed by atoms with Gasteiger partial charge in [0.05, 0.1) is 7.11 Å². The Bertz CT molecular complexity index is 551. The van der Waals surface area contributed by atoms with Gasteiger partial charge < -0.3 is 15.8 Å². The molecule has 7 heteroatoms. The van der Waals surface area contributed by atoms with E-state index < -0.39 is 0 Å². The molecule has 120 valence electrons. The molecule has 3 rings (SSSR count). The molecule has 1 aromatic heterocycles. The van der Waals surface area contributed by atoms with Crippen molar-refractivity contribution < 1.29 is 9.53 Å². The lowest BCUT2D eigenvalue weighted by Gasteiger charge is -2.38. The zero-order valence-corrected chi connectivity index (χ0v) is 13.1. The van der Waals surface area contributed by atoms with Crippen molar-refractivity contribution in [3.05, 3.63) is 11.8 Å². The molecule has 3 heterocycles. The lowest BCUT2D eigenvalue weighted by Crippen LogP contribution is -2.50. The second-order valence-electron chi connectivity index (χ2n) is 6.01. The number of nitrogens with zero attached hydrogens (tertiary/aromatic N) is 3. The summed E-state index contributed by atoms with van der Waals surface area (Å²) in [7, 11) is 1.47. The van der Waals surface area contributed by atoms with Crippen molar-refractivity contribution in [2.45, 2.75) is 50.7 Å². The van der Waals surface area contributed by atoms with Gasteiger partial charge in [0.1, 0.15) is 5.56 Å². The van der Waals surface area contributed by atoms with Crippen LogP contribution in [-0.2, 0) is 0 Å². The highest BCUT2D eigenvalue weighted by molar-refractivity contribution is 5.96. The topological polar surface area (TPSA) is 93.4 Å². The number of carbonyl (C=O) groups is 1. The fourth-order valence-electron chi connectivity index (χ4n) is 3.86. The molecule has 1 unspecified atom stereocenters. The lowest BCUT2D eigenvalue weighted by molar-refractivity contribution is 0.0853. The van der Waals surface area contributed by atoms with E-state index in [2.05, 4.69) is 27.1 Å². The number of aromatic nitrogens is 2. The highest BCUT2D eigenvalue weighted by Crippen LogP contribution is 2.35. The Morgan fingerprint density at radius 1 is 1.45 bits per heavy atom. The third kappa shape index (κ3) is 2.72. The highest BCUT2D eigenvalue weighted by atomic mass is 16.5.